The molecule has 0 radical (unpaired) electrons. The normalized spacial score (nSPS) is 20.0. The van der Waals surface area contributed by atoms with E-state index in [2.05, 4.69) is 0 Å². The van der Waals surface area contributed by atoms with E-state index in [0.717, 1.165) is 19.4 Å². The molecule has 1 atom stereocenters. The predicted octanol–water partition coefficient (Wildman–Crippen LogP) is 0.314. The molecule has 1 saturated heterocycles. The maximum atomic E-state index is 9.04. The summed E-state index contributed by atoms with van der Waals surface area (Å²) >= 11 is 0. The minimum atomic E-state index is -1.45. The van der Waals surface area contributed by atoms with Crippen molar-refractivity contribution in [3.8, 4) is 5.75 Å². The van der Waals surface area contributed by atoms with E-state index in [1.807, 2.05) is 0 Å². The van der Waals surface area contributed by atoms with E-state index in [0.29, 0.717) is 17.8 Å². The second-order valence-corrected chi connectivity index (χ2v) is 4.25. The first-order valence-electron chi connectivity index (χ1n) is 5.96. The molecule has 0 saturated carbocycles. The van der Waals surface area contributed by atoms with Crippen molar-refractivity contribution in [2.45, 2.75) is 25.4 Å². The van der Waals surface area contributed by atoms with Crippen LogP contribution >= 0.6 is 0 Å². The third-order valence-electron chi connectivity index (χ3n) is 2.87. The van der Waals surface area contributed by atoms with Crippen LogP contribution in [0.5, 0.6) is 5.75 Å². The molecule has 0 aliphatic carbocycles. The van der Waals surface area contributed by atoms with Crippen molar-refractivity contribution in [2.24, 2.45) is 0 Å². The van der Waals surface area contributed by atoms with E-state index in [4.69, 9.17) is 19.5 Å². The average Bonchev–Trinajstić information content (AvgIpc) is 2.38. The molecule has 1 aromatic carbocycles. The van der Waals surface area contributed by atoms with Gasteiger partial charge in [-0.2, -0.15) is 0 Å². The lowest BCUT2D eigenvalue weighted by Gasteiger charge is -2.22. The van der Waals surface area contributed by atoms with E-state index in [1.165, 1.54) is 6.42 Å². The first kappa shape index (κ1) is 12.4. The predicted molar refractivity (Wildman–Crippen MR) is 65.4 cm³/mol. The van der Waals surface area contributed by atoms with Gasteiger partial charge in [0.15, 0.2) is 0 Å². The smallest absolute Gasteiger partial charge is 0.488 e. The van der Waals surface area contributed by atoms with E-state index >= 15 is 0 Å². The van der Waals surface area contributed by atoms with Gasteiger partial charge in [0.25, 0.3) is 0 Å². The molecular weight excluding hydrogens is 219 g/mol. The molecule has 1 heterocycles. The summed E-state index contributed by atoms with van der Waals surface area (Å²) in [6.45, 7) is 1.33. The monoisotopic (exact) mass is 236 g/mol. The highest BCUT2D eigenvalue weighted by molar-refractivity contribution is 6.58. The Hall–Kier alpha value is -1.04. The Morgan fingerprint density at radius 1 is 1.35 bits per heavy atom. The topological polar surface area (TPSA) is 58.9 Å². The second kappa shape index (κ2) is 6.05. The van der Waals surface area contributed by atoms with Crippen molar-refractivity contribution in [3.63, 3.8) is 0 Å². The minimum absolute atomic E-state index is 0.159. The Bertz CT molecular complexity index is 350. The van der Waals surface area contributed by atoms with Gasteiger partial charge in [-0.3, -0.25) is 0 Å². The largest absolute Gasteiger partial charge is 0.491 e. The molecule has 0 aromatic heterocycles. The third-order valence-corrected chi connectivity index (χ3v) is 2.87. The second-order valence-electron chi connectivity index (χ2n) is 4.25. The standard InChI is InChI=1S/C12H17BO4/c14-13(15)10-4-3-6-11(8-10)17-9-12-5-1-2-7-16-12/h3-4,6,8,12,14-15H,1-2,5,7,9H2. The molecule has 1 fully saturated rings. The summed E-state index contributed by atoms with van der Waals surface area (Å²) < 4.78 is 11.1. The van der Waals surface area contributed by atoms with E-state index in [-0.39, 0.29) is 6.10 Å². The number of benzene rings is 1. The van der Waals surface area contributed by atoms with Crippen LogP contribution in [-0.4, -0.2) is 36.5 Å². The molecule has 1 aromatic rings. The lowest BCUT2D eigenvalue weighted by atomic mass is 9.80. The Balaban J connectivity index is 1.87. The van der Waals surface area contributed by atoms with Gasteiger partial charge in [-0.25, -0.2) is 0 Å². The Labute approximate surface area is 101 Å². The van der Waals surface area contributed by atoms with Crippen molar-refractivity contribution in [2.75, 3.05) is 13.2 Å². The SMILES string of the molecule is OB(O)c1cccc(OCC2CCCCO2)c1. The van der Waals surface area contributed by atoms with Crippen LogP contribution in [0.3, 0.4) is 0 Å². The quantitative estimate of drug-likeness (QED) is 0.739. The van der Waals surface area contributed by atoms with Crippen LogP contribution in [0.25, 0.3) is 0 Å². The molecule has 1 unspecified atom stereocenters. The first-order valence-corrected chi connectivity index (χ1v) is 5.96. The lowest BCUT2D eigenvalue weighted by Crippen LogP contribution is -2.30. The fraction of sp³-hybridized carbons (Fsp3) is 0.500. The molecular formula is C12H17BO4. The maximum absolute atomic E-state index is 9.04. The molecule has 2 rings (SSSR count). The van der Waals surface area contributed by atoms with Gasteiger partial charge < -0.3 is 19.5 Å². The van der Waals surface area contributed by atoms with Crippen molar-refractivity contribution in [1.82, 2.24) is 0 Å². The van der Waals surface area contributed by atoms with Gasteiger partial charge in [0.1, 0.15) is 12.4 Å². The zero-order valence-corrected chi connectivity index (χ0v) is 9.71. The molecule has 0 spiro atoms. The Morgan fingerprint density at radius 3 is 2.94 bits per heavy atom. The molecule has 2 N–H and O–H groups in total. The van der Waals surface area contributed by atoms with E-state index in [1.54, 1.807) is 24.3 Å². The maximum Gasteiger partial charge on any atom is 0.488 e. The first-order chi connectivity index (χ1) is 8.25. The van der Waals surface area contributed by atoms with Crippen molar-refractivity contribution in [1.29, 1.82) is 0 Å². The fourth-order valence-corrected chi connectivity index (χ4v) is 1.89. The van der Waals surface area contributed by atoms with E-state index < -0.39 is 7.12 Å². The summed E-state index contributed by atoms with van der Waals surface area (Å²) in [7, 11) is -1.45. The summed E-state index contributed by atoms with van der Waals surface area (Å²) in [5.41, 5.74) is 0.437. The molecule has 4 nitrogen and oxygen atoms in total. The Kier molecular flexibility index (Phi) is 4.42. The highest BCUT2D eigenvalue weighted by atomic mass is 16.5. The molecule has 5 heteroatoms. The average molecular weight is 236 g/mol. The van der Waals surface area contributed by atoms with Crippen LogP contribution in [0.2, 0.25) is 0 Å². The van der Waals surface area contributed by atoms with Crippen molar-refractivity contribution in [3.05, 3.63) is 24.3 Å². The highest BCUT2D eigenvalue weighted by Crippen LogP contribution is 2.15. The van der Waals surface area contributed by atoms with Gasteiger partial charge in [0.05, 0.1) is 6.10 Å². The number of hydrogen-bond donors (Lipinski definition) is 2. The molecule has 17 heavy (non-hydrogen) atoms. The van der Waals surface area contributed by atoms with Gasteiger partial charge in [0.2, 0.25) is 0 Å². The molecule has 92 valence electrons. The molecule has 0 amide bonds. The van der Waals surface area contributed by atoms with Crippen molar-refractivity contribution >= 4 is 12.6 Å². The van der Waals surface area contributed by atoms with Crippen LogP contribution in [0.1, 0.15) is 19.3 Å². The van der Waals surface area contributed by atoms with E-state index in [9.17, 15) is 0 Å². The zero-order chi connectivity index (χ0) is 12.1. The minimum Gasteiger partial charge on any atom is -0.491 e. The van der Waals surface area contributed by atoms with Gasteiger partial charge in [-0.1, -0.05) is 12.1 Å². The summed E-state index contributed by atoms with van der Waals surface area (Å²) in [6.07, 6.45) is 3.50. The van der Waals surface area contributed by atoms with Gasteiger partial charge in [0, 0.05) is 6.61 Å². The summed E-state index contributed by atoms with van der Waals surface area (Å²) in [6, 6.07) is 6.82. The summed E-state index contributed by atoms with van der Waals surface area (Å²) in [4.78, 5) is 0. The fourth-order valence-electron chi connectivity index (χ4n) is 1.89. The summed E-state index contributed by atoms with van der Waals surface area (Å²) in [5.74, 6) is 0.643. The van der Waals surface area contributed by atoms with Crippen LogP contribution < -0.4 is 10.2 Å². The van der Waals surface area contributed by atoms with Gasteiger partial charge >= 0.3 is 7.12 Å². The van der Waals surface area contributed by atoms with Gasteiger partial charge in [-0.15, -0.1) is 0 Å². The highest BCUT2D eigenvalue weighted by Gasteiger charge is 2.15. The van der Waals surface area contributed by atoms with Gasteiger partial charge in [-0.05, 0) is 36.9 Å². The van der Waals surface area contributed by atoms with Crippen LogP contribution in [0.4, 0.5) is 0 Å². The number of ether oxygens (including phenoxy) is 2. The van der Waals surface area contributed by atoms with Crippen LogP contribution in [0.15, 0.2) is 24.3 Å². The van der Waals surface area contributed by atoms with Crippen molar-refractivity contribution < 1.29 is 19.5 Å². The molecule has 0 bridgehead atoms. The Morgan fingerprint density at radius 2 is 2.24 bits per heavy atom. The van der Waals surface area contributed by atoms with Crippen LogP contribution in [0, 0.1) is 0 Å². The molecule has 1 aliphatic heterocycles. The summed E-state index contributed by atoms with van der Waals surface area (Å²) in [5, 5.41) is 18.1. The molecule has 1 aliphatic rings. The number of hydrogen-bond acceptors (Lipinski definition) is 4. The lowest BCUT2D eigenvalue weighted by molar-refractivity contribution is -0.0110. The third kappa shape index (κ3) is 3.73. The zero-order valence-electron chi connectivity index (χ0n) is 9.71. The number of rotatable bonds is 4. The van der Waals surface area contributed by atoms with Crippen LogP contribution in [-0.2, 0) is 4.74 Å².